The Morgan fingerprint density at radius 1 is 0.941 bits per heavy atom. The summed E-state index contributed by atoms with van der Waals surface area (Å²) in [6, 6.07) is 20.5. The number of hydrogen-bond donors (Lipinski definition) is 1. The largest absolute Gasteiger partial charge is 0.367 e. The van der Waals surface area contributed by atoms with Gasteiger partial charge in [-0.3, -0.25) is 14.7 Å². The Balaban J connectivity index is 1.15. The number of rotatable bonds is 6. The molecule has 174 valence electrons. The van der Waals surface area contributed by atoms with Gasteiger partial charge in [0.25, 0.3) is 5.91 Å². The summed E-state index contributed by atoms with van der Waals surface area (Å²) in [5.41, 5.74) is 4.63. The molecule has 2 aromatic carbocycles. The van der Waals surface area contributed by atoms with E-state index in [2.05, 4.69) is 49.4 Å². The summed E-state index contributed by atoms with van der Waals surface area (Å²) in [7, 11) is 0. The van der Waals surface area contributed by atoms with Crippen LogP contribution < -0.4 is 10.2 Å². The second kappa shape index (κ2) is 9.65. The van der Waals surface area contributed by atoms with Crippen molar-refractivity contribution < 1.29 is 4.79 Å². The van der Waals surface area contributed by atoms with Gasteiger partial charge in [-0.15, -0.1) is 0 Å². The number of carbonyl (C=O) groups excluding carboxylic acids is 1. The number of aromatic nitrogens is 3. The maximum Gasteiger partial charge on any atom is 0.271 e. The standard InChI is InChI=1S/C27H30N6O/c1-20-25(30-21(2)33(20)23-10-4-3-5-11-23)27(34)29-14-15-31-16-18-32(19-17-31)24-12-6-8-22-9-7-13-28-26(22)24/h3-13H,14-19H2,1-2H3,(H,29,34). The highest BCUT2D eigenvalue weighted by Crippen LogP contribution is 2.25. The number of pyridine rings is 1. The van der Waals surface area contributed by atoms with Crippen LogP contribution in [-0.4, -0.2) is 64.6 Å². The zero-order valence-electron chi connectivity index (χ0n) is 19.7. The summed E-state index contributed by atoms with van der Waals surface area (Å²) in [6.07, 6.45) is 1.86. The van der Waals surface area contributed by atoms with E-state index in [1.807, 2.05) is 61.0 Å². The average Bonchev–Trinajstić information content (AvgIpc) is 3.18. The minimum Gasteiger partial charge on any atom is -0.367 e. The summed E-state index contributed by atoms with van der Waals surface area (Å²) in [5, 5.41) is 4.24. The zero-order chi connectivity index (χ0) is 23.5. The zero-order valence-corrected chi connectivity index (χ0v) is 19.7. The first kappa shape index (κ1) is 22.1. The third-order valence-electron chi connectivity index (χ3n) is 6.54. The van der Waals surface area contributed by atoms with Crippen molar-refractivity contribution in [2.45, 2.75) is 13.8 Å². The van der Waals surface area contributed by atoms with Gasteiger partial charge in [0.05, 0.1) is 16.9 Å². The molecular weight excluding hydrogens is 424 g/mol. The van der Waals surface area contributed by atoms with Gasteiger partial charge in [-0.25, -0.2) is 4.98 Å². The molecule has 0 bridgehead atoms. The van der Waals surface area contributed by atoms with Crippen LogP contribution in [0.1, 0.15) is 22.0 Å². The van der Waals surface area contributed by atoms with Crippen LogP contribution in [-0.2, 0) is 0 Å². The summed E-state index contributed by atoms with van der Waals surface area (Å²) in [4.78, 5) is 26.8. The van der Waals surface area contributed by atoms with E-state index in [0.29, 0.717) is 12.2 Å². The maximum atomic E-state index is 12.8. The molecule has 0 saturated carbocycles. The lowest BCUT2D eigenvalue weighted by Crippen LogP contribution is -2.48. The number of aryl methyl sites for hydroxylation is 1. The summed E-state index contributed by atoms with van der Waals surface area (Å²) < 4.78 is 2.02. The first-order valence-corrected chi connectivity index (χ1v) is 11.8. The highest BCUT2D eigenvalue weighted by molar-refractivity contribution is 5.93. The van der Waals surface area contributed by atoms with E-state index in [1.54, 1.807) is 0 Å². The molecule has 1 amide bonds. The first-order valence-electron chi connectivity index (χ1n) is 11.8. The number of nitrogens with zero attached hydrogens (tertiary/aromatic N) is 5. The van der Waals surface area contributed by atoms with Gasteiger partial charge < -0.3 is 14.8 Å². The number of fused-ring (bicyclic) bond motifs is 1. The number of carbonyl (C=O) groups is 1. The minimum atomic E-state index is -0.115. The van der Waals surface area contributed by atoms with Crippen molar-refractivity contribution in [2.75, 3.05) is 44.2 Å². The van der Waals surface area contributed by atoms with E-state index < -0.39 is 0 Å². The van der Waals surface area contributed by atoms with Crippen LogP contribution in [0.5, 0.6) is 0 Å². The molecule has 0 aliphatic carbocycles. The second-order valence-electron chi connectivity index (χ2n) is 8.70. The second-order valence-corrected chi connectivity index (χ2v) is 8.70. The summed E-state index contributed by atoms with van der Waals surface area (Å²) in [6.45, 7) is 9.12. The average molecular weight is 455 g/mol. The SMILES string of the molecule is Cc1nc(C(=O)NCCN2CCN(c3cccc4cccnc34)CC2)c(C)n1-c1ccccc1. The fourth-order valence-electron chi connectivity index (χ4n) is 4.78. The molecule has 0 unspecified atom stereocenters. The van der Waals surface area contributed by atoms with Crippen molar-refractivity contribution in [3.05, 3.63) is 84.1 Å². The quantitative estimate of drug-likeness (QED) is 0.482. The molecule has 1 fully saturated rings. The smallest absolute Gasteiger partial charge is 0.271 e. The normalized spacial score (nSPS) is 14.5. The molecule has 1 aliphatic rings. The Bertz CT molecular complexity index is 1290. The van der Waals surface area contributed by atoms with Gasteiger partial charge in [-0.1, -0.05) is 36.4 Å². The molecule has 1 N–H and O–H groups in total. The van der Waals surface area contributed by atoms with Crippen LogP contribution in [0, 0.1) is 13.8 Å². The molecule has 2 aromatic heterocycles. The molecule has 1 saturated heterocycles. The lowest BCUT2D eigenvalue weighted by atomic mass is 10.1. The lowest BCUT2D eigenvalue weighted by Gasteiger charge is -2.36. The lowest BCUT2D eigenvalue weighted by molar-refractivity contribution is 0.0942. The highest BCUT2D eigenvalue weighted by atomic mass is 16.1. The fourth-order valence-corrected chi connectivity index (χ4v) is 4.78. The van der Waals surface area contributed by atoms with Crippen LogP contribution >= 0.6 is 0 Å². The van der Waals surface area contributed by atoms with E-state index in [9.17, 15) is 4.79 Å². The monoisotopic (exact) mass is 454 g/mol. The Morgan fingerprint density at radius 2 is 1.71 bits per heavy atom. The molecule has 7 heteroatoms. The Kier molecular flexibility index (Phi) is 6.27. The third-order valence-corrected chi connectivity index (χ3v) is 6.54. The molecule has 7 nitrogen and oxygen atoms in total. The van der Waals surface area contributed by atoms with Crippen molar-refractivity contribution in [1.82, 2.24) is 24.8 Å². The maximum absolute atomic E-state index is 12.8. The minimum absolute atomic E-state index is 0.115. The topological polar surface area (TPSA) is 66.3 Å². The van der Waals surface area contributed by atoms with Crippen molar-refractivity contribution in [2.24, 2.45) is 0 Å². The molecule has 0 atom stereocenters. The van der Waals surface area contributed by atoms with Crippen LogP contribution in [0.3, 0.4) is 0 Å². The number of benzene rings is 2. The van der Waals surface area contributed by atoms with E-state index in [-0.39, 0.29) is 5.91 Å². The molecule has 4 aromatic rings. The number of imidazole rings is 1. The van der Waals surface area contributed by atoms with Gasteiger partial charge >= 0.3 is 0 Å². The van der Waals surface area contributed by atoms with Crippen molar-refractivity contribution in [3.63, 3.8) is 0 Å². The molecule has 0 spiro atoms. The van der Waals surface area contributed by atoms with Gasteiger partial charge in [-0.05, 0) is 38.1 Å². The van der Waals surface area contributed by atoms with Crippen LogP contribution in [0.4, 0.5) is 5.69 Å². The predicted molar refractivity (Wildman–Crippen MR) is 136 cm³/mol. The molecule has 34 heavy (non-hydrogen) atoms. The van der Waals surface area contributed by atoms with E-state index in [0.717, 1.165) is 55.4 Å². The Hall–Kier alpha value is -3.71. The van der Waals surface area contributed by atoms with E-state index in [1.165, 1.54) is 11.1 Å². The number of nitrogens with one attached hydrogen (secondary N) is 1. The summed E-state index contributed by atoms with van der Waals surface area (Å²) >= 11 is 0. The van der Waals surface area contributed by atoms with Gasteiger partial charge in [0, 0.05) is 56.5 Å². The van der Waals surface area contributed by atoms with Gasteiger partial charge in [-0.2, -0.15) is 0 Å². The van der Waals surface area contributed by atoms with Gasteiger partial charge in [0.15, 0.2) is 0 Å². The number of para-hydroxylation sites is 2. The van der Waals surface area contributed by atoms with Crippen LogP contribution in [0.2, 0.25) is 0 Å². The van der Waals surface area contributed by atoms with Crippen LogP contribution in [0.15, 0.2) is 66.9 Å². The van der Waals surface area contributed by atoms with Gasteiger partial charge in [0.2, 0.25) is 0 Å². The number of amides is 1. The predicted octanol–water partition coefficient (Wildman–Crippen LogP) is 3.59. The highest BCUT2D eigenvalue weighted by Gasteiger charge is 2.21. The third kappa shape index (κ3) is 4.39. The molecular formula is C27H30N6O. The first-order chi connectivity index (χ1) is 16.6. The Labute approximate surface area is 200 Å². The number of anilines is 1. The van der Waals surface area contributed by atoms with E-state index in [4.69, 9.17) is 0 Å². The van der Waals surface area contributed by atoms with Crippen molar-refractivity contribution in [1.29, 1.82) is 0 Å². The van der Waals surface area contributed by atoms with Crippen molar-refractivity contribution in [3.8, 4) is 5.69 Å². The summed E-state index contributed by atoms with van der Waals surface area (Å²) in [5.74, 6) is 0.698. The van der Waals surface area contributed by atoms with Gasteiger partial charge in [0.1, 0.15) is 11.5 Å². The number of hydrogen-bond acceptors (Lipinski definition) is 5. The number of piperazine rings is 1. The molecule has 5 rings (SSSR count). The molecule has 0 radical (unpaired) electrons. The Morgan fingerprint density at radius 3 is 2.50 bits per heavy atom. The van der Waals surface area contributed by atoms with E-state index >= 15 is 0 Å². The molecule has 3 heterocycles. The van der Waals surface area contributed by atoms with Crippen molar-refractivity contribution >= 4 is 22.5 Å². The fraction of sp³-hybridized carbons (Fsp3) is 0.296. The van der Waals surface area contributed by atoms with Crippen LogP contribution in [0.25, 0.3) is 16.6 Å². The molecule has 1 aliphatic heterocycles.